The van der Waals surface area contributed by atoms with Gasteiger partial charge >= 0.3 is 0 Å². The first-order chi connectivity index (χ1) is 14.0. The fourth-order valence-corrected chi connectivity index (χ4v) is 4.05. The number of piperidine rings is 1. The fraction of sp³-hybridized carbons (Fsp3) is 0.333. The summed E-state index contributed by atoms with van der Waals surface area (Å²) in [5.74, 6) is 1.39. The number of hydrogen-bond acceptors (Lipinski definition) is 4. The molecule has 0 unspecified atom stereocenters. The number of methoxy groups -OCH3 is 1. The molecule has 0 aliphatic carbocycles. The smallest absolute Gasteiger partial charge is 0.258 e. The Labute approximate surface area is 170 Å². The Hall–Kier alpha value is -3.08. The van der Waals surface area contributed by atoms with Crippen LogP contribution in [0.3, 0.4) is 0 Å². The number of hydrogen-bond donors (Lipinski definition) is 0. The van der Waals surface area contributed by atoms with E-state index in [1.54, 1.807) is 7.11 Å². The summed E-state index contributed by atoms with van der Waals surface area (Å²) in [6, 6.07) is 13.2. The first-order valence-corrected chi connectivity index (χ1v) is 9.95. The highest BCUT2D eigenvalue weighted by Crippen LogP contribution is 2.31. The van der Waals surface area contributed by atoms with Crippen LogP contribution in [0.4, 0.5) is 0 Å². The zero-order chi connectivity index (χ0) is 20.5. The summed E-state index contributed by atoms with van der Waals surface area (Å²) in [5.41, 5.74) is 3.16. The average Bonchev–Trinajstić information content (AvgIpc) is 3.08. The largest absolute Gasteiger partial charge is 0.497 e. The molecule has 5 nitrogen and oxygen atoms in total. The van der Waals surface area contributed by atoms with Crippen molar-refractivity contribution in [1.82, 2.24) is 4.90 Å². The van der Waals surface area contributed by atoms with E-state index in [2.05, 4.69) is 0 Å². The molecule has 4 rings (SSSR count). The van der Waals surface area contributed by atoms with E-state index in [0.717, 1.165) is 16.5 Å². The van der Waals surface area contributed by atoms with E-state index in [0.29, 0.717) is 48.6 Å². The van der Waals surface area contributed by atoms with E-state index in [1.165, 1.54) is 0 Å². The number of ether oxygens (including phenoxy) is 1. The lowest BCUT2D eigenvalue weighted by Gasteiger charge is -2.31. The molecule has 29 heavy (non-hydrogen) atoms. The van der Waals surface area contributed by atoms with Gasteiger partial charge in [-0.15, -0.1) is 0 Å². The molecule has 0 saturated carbocycles. The van der Waals surface area contributed by atoms with Gasteiger partial charge in [-0.05, 0) is 44.9 Å². The zero-order valence-electron chi connectivity index (χ0n) is 17.0. The summed E-state index contributed by atoms with van der Waals surface area (Å²) >= 11 is 0. The SMILES string of the molecule is COc1ccc2oc(C)c(C(=O)N3CCC(C(=O)c4ccc(C)cc4)CC3)c2c1. The second-order valence-corrected chi connectivity index (χ2v) is 7.69. The highest BCUT2D eigenvalue weighted by Gasteiger charge is 2.30. The monoisotopic (exact) mass is 391 g/mol. The van der Waals surface area contributed by atoms with Gasteiger partial charge < -0.3 is 14.1 Å². The molecule has 0 spiro atoms. The highest BCUT2D eigenvalue weighted by atomic mass is 16.5. The predicted molar refractivity (Wildman–Crippen MR) is 112 cm³/mol. The number of carbonyl (C=O) groups excluding carboxylic acids is 2. The van der Waals surface area contributed by atoms with Crippen molar-refractivity contribution in [2.45, 2.75) is 26.7 Å². The van der Waals surface area contributed by atoms with Crippen LogP contribution >= 0.6 is 0 Å². The molecule has 1 aliphatic heterocycles. The molecule has 0 radical (unpaired) electrons. The molecule has 0 N–H and O–H groups in total. The molecule has 1 saturated heterocycles. The Kier molecular flexibility index (Phi) is 5.14. The van der Waals surface area contributed by atoms with Crippen LogP contribution in [0.5, 0.6) is 5.75 Å². The number of fused-ring (bicyclic) bond motifs is 1. The Morgan fingerprint density at radius 2 is 1.72 bits per heavy atom. The number of ketones is 1. The zero-order valence-corrected chi connectivity index (χ0v) is 17.0. The van der Waals surface area contributed by atoms with Gasteiger partial charge in [-0.25, -0.2) is 0 Å². The van der Waals surface area contributed by atoms with Gasteiger partial charge in [0.15, 0.2) is 5.78 Å². The number of benzene rings is 2. The van der Waals surface area contributed by atoms with E-state index in [-0.39, 0.29) is 17.6 Å². The van der Waals surface area contributed by atoms with Crippen LogP contribution in [0.25, 0.3) is 11.0 Å². The molecule has 1 aromatic heterocycles. The maximum Gasteiger partial charge on any atom is 0.258 e. The van der Waals surface area contributed by atoms with E-state index in [4.69, 9.17) is 9.15 Å². The van der Waals surface area contributed by atoms with Crippen LogP contribution in [0.1, 0.15) is 44.9 Å². The van der Waals surface area contributed by atoms with Crippen molar-refractivity contribution in [3.8, 4) is 5.75 Å². The molecule has 2 aromatic carbocycles. The third kappa shape index (κ3) is 3.65. The molecule has 1 aliphatic rings. The third-order valence-electron chi connectivity index (χ3n) is 5.77. The Morgan fingerprint density at radius 1 is 1.03 bits per heavy atom. The lowest BCUT2D eigenvalue weighted by Crippen LogP contribution is -2.40. The van der Waals surface area contributed by atoms with Crippen molar-refractivity contribution in [3.63, 3.8) is 0 Å². The highest BCUT2D eigenvalue weighted by molar-refractivity contribution is 6.07. The number of furan rings is 1. The minimum absolute atomic E-state index is 0.0379. The van der Waals surface area contributed by atoms with Gasteiger partial charge in [0.25, 0.3) is 5.91 Å². The number of nitrogens with zero attached hydrogens (tertiary/aromatic N) is 1. The third-order valence-corrected chi connectivity index (χ3v) is 5.77. The number of likely N-dealkylation sites (tertiary alicyclic amines) is 1. The molecular weight excluding hydrogens is 366 g/mol. The van der Waals surface area contributed by atoms with Crippen molar-refractivity contribution in [2.75, 3.05) is 20.2 Å². The summed E-state index contributed by atoms with van der Waals surface area (Å²) in [5, 5.41) is 0.768. The Bertz CT molecular complexity index is 1060. The van der Waals surface area contributed by atoms with E-state index in [9.17, 15) is 9.59 Å². The minimum Gasteiger partial charge on any atom is -0.497 e. The molecule has 1 amide bonds. The van der Waals surface area contributed by atoms with E-state index in [1.807, 2.05) is 61.2 Å². The molecule has 0 atom stereocenters. The van der Waals surface area contributed by atoms with Gasteiger partial charge in [-0.2, -0.15) is 0 Å². The van der Waals surface area contributed by atoms with Crippen LogP contribution in [0, 0.1) is 19.8 Å². The van der Waals surface area contributed by atoms with Crippen molar-refractivity contribution < 1.29 is 18.7 Å². The summed E-state index contributed by atoms with van der Waals surface area (Å²) in [6.45, 7) is 4.96. The number of aryl methyl sites for hydroxylation is 2. The van der Waals surface area contributed by atoms with Crippen molar-refractivity contribution in [2.24, 2.45) is 5.92 Å². The number of rotatable bonds is 4. The van der Waals surface area contributed by atoms with Gasteiger partial charge in [-0.3, -0.25) is 9.59 Å². The summed E-state index contributed by atoms with van der Waals surface area (Å²) < 4.78 is 11.1. The van der Waals surface area contributed by atoms with E-state index < -0.39 is 0 Å². The average molecular weight is 391 g/mol. The maximum absolute atomic E-state index is 13.2. The van der Waals surface area contributed by atoms with Crippen LogP contribution in [0.2, 0.25) is 0 Å². The van der Waals surface area contributed by atoms with Gasteiger partial charge in [-0.1, -0.05) is 29.8 Å². The summed E-state index contributed by atoms with van der Waals surface area (Å²) in [7, 11) is 1.60. The van der Waals surface area contributed by atoms with Gasteiger partial charge in [0.2, 0.25) is 0 Å². The fourth-order valence-electron chi connectivity index (χ4n) is 4.05. The predicted octanol–water partition coefficient (Wildman–Crippen LogP) is 4.79. The number of amides is 1. The maximum atomic E-state index is 13.2. The summed E-state index contributed by atoms with van der Waals surface area (Å²) in [4.78, 5) is 27.8. The molecule has 150 valence electrons. The first kappa shape index (κ1) is 19.2. The molecule has 3 aromatic rings. The quantitative estimate of drug-likeness (QED) is 0.600. The van der Waals surface area contributed by atoms with Crippen molar-refractivity contribution >= 4 is 22.7 Å². The van der Waals surface area contributed by atoms with Crippen LogP contribution < -0.4 is 4.74 Å². The molecule has 2 heterocycles. The standard InChI is InChI=1S/C24H25NO4/c1-15-4-6-17(7-5-15)23(26)18-10-12-25(13-11-18)24(27)22-16(2)29-21-9-8-19(28-3)14-20(21)22/h4-9,14,18H,10-13H2,1-3H3. The number of Topliss-reactive ketones (excluding diaryl/α,β-unsaturated/α-hetero) is 1. The van der Waals surface area contributed by atoms with Crippen molar-refractivity contribution in [1.29, 1.82) is 0 Å². The Balaban J connectivity index is 1.49. The van der Waals surface area contributed by atoms with Crippen LogP contribution in [-0.4, -0.2) is 36.8 Å². The minimum atomic E-state index is -0.0456. The lowest BCUT2D eigenvalue weighted by atomic mass is 9.88. The Morgan fingerprint density at radius 3 is 2.38 bits per heavy atom. The summed E-state index contributed by atoms with van der Waals surface area (Å²) in [6.07, 6.45) is 1.35. The van der Waals surface area contributed by atoms with Crippen LogP contribution in [-0.2, 0) is 0 Å². The molecule has 5 heteroatoms. The normalized spacial score (nSPS) is 14.9. The van der Waals surface area contributed by atoms with Crippen molar-refractivity contribution in [3.05, 3.63) is 64.9 Å². The molecule has 1 fully saturated rings. The van der Waals surface area contributed by atoms with Crippen LogP contribution in [0.15, 0.2) is 46.9 Å². The molecule has 0 bridgehead atoms. The first-order valence-electron chi connectivity index (χ1n) is 9.95. The second-order valence-electron chi connectivity index (χ2n) is 7.69. The lowest BCUT2D eigenvalue weighted by molar-refractivity contribution is 0.0650. The van der Waals surface area contributed by atoms with E-state index >= 15 is 0 Å². The second kappa shape index (κ2) is 7.74. The van der Waals surface area contributed by atoms with Gasteiger partial charge in [0.1, 0.15) is 17.1 Å². The topological polar surface area (TPSA) is 59.8 Å². The molecular formula is C24H25NO4. The van der Waals surface area contributed by atoms with Gasteiger partial charge in [0.05, 0.1) is 12.7 Å². The number of carbonyl (C=O) groups is 2. The van der Waals surface area contributed by atoms with Gasteiger partial charge in [0, 0.05) is 30.0 Å².